The quantitative estimate of drug-likeness (QED) is 0.144. The molecule has 54 heavy (non-hydrogen) atoms. The summed E-state index contributed by atoms with van der Waals surface area (Å²) in [6.07, 6.45) is -4.14. The van der Waals surface area contributed by atoms with Crippen LogP contribution in [0.3, 0.4) is 0 Å². The van der Waals surface area contributed by atoms with Gasteiger partial charge in [0.05, 0.1) is 30.3 Å². The van der Waals surface area contributed by atoms with Gasteiger partial charge in [0.1, 0.15) is 42.7 Å². The van der Waals surface area contributed by atoms with Crippen LogP contribution in [0, 0.1) is 50.7 Å². The van der Waals surface area contributed by atoms with Crippen molar-refractivity contribution in [3.05, 3.63) is 11.6 Å². The molecule has 2 aliphatic heterocycles. The molecular formula is C41H66O13. The van der Waals surface area contributed by atoms with Crippen molar-refractivity contribution in [1.29, 1.82) is 0 Å². The third-order valence-corrected chi connectivity index (χ3v) is 17.3. The lowest BCUT2D eigenvalue weighted by atomic mass is 9.33. The minimum absolute atomic E-state index is 0.00666. The van der Waals surface area contributed by atoms with Gasteiger partial charge >= 0.3 is 5.97 Å². The summed E-state index contributed by atoms with van der Waals surface area (Å²) in [7, 11) is 0. The Kier molecular flexibility index (Phi) is 10.4. The van der Waals surface area contributed by atoms with E-state index in [1.54, 1.807) is 0 Å². The van der Waals surface area contributed by atoms with Crippen LogP contribution in [0.1, 0.15) is 106 Å². The summed E-state index contributed by atoms with van der Waals surface area (Å²) in [6, 6.07) is 0. The molecule has 2 saturated heterocycles. The molecule has 0 spiro atoms. The monoisotopic (exact) mass is 766 g/mol. The summed E-state index contributed by atoms with van der Waals surface area (Å²) in [5.41, 5.74) is -1.77. The van der Waals surface area contributed by atoms with E-state index in [9.17, 15) is 45.6 Å². The Hall–Kier alpha value is -1.23. The molecule has 7 aliphatic rings. The predicted molar refractivity (Wildman–Crippen MR) is 193 cm³/mol. The van der Waals surface area contributed by atoms with Gasteiger partial charge < -0.3 is 59.8 Å². The smallest absolute Gasteiger partial charge is 0.310 e. The number of hydrogen-bond acceptors (Lipinski definition) is 12. The van der Waals surface area contributed by atoms with Crippen molar-refractivity contribution in [2.24, 2.45) is 50.7 Å². The van der Waals surface area contributed by atoms with E-state index in [1.165, 1.54) is 0 Å². The summed E-state index contributed by atoms with van der Waals surface area (Å²) in [5.74, 6) is -0.672. The lowest BCUT2D eigenvalue weighted by molar-refractivity contribution is -0.367. The molecule has 0 bridgehead atoms. The maximum atomic E-state index is 13.1. The lowest BCUT2D eigenvalue weighted by Gasteiger charge is -2.72. The van der Waals surface area contributed by atoms with Crippen molar-refractivity contribution < 1.29 is 64.6 Å². The van der Waals surface area contributed by atoms with Crippen molar-refractivity contribution in [3.8, 4) is 0 Å². The average molecular weight is 767 g/mol. The van der Waals surface area contributed by atoms with Gasteiger partial charge in [-0.15, -0.1) is 0 Å². The first kappa shape index (κ1) is 40.9. The maximum absolute atomic E-state index is 13.1. The molecule has 13 nitrogen and oxygen atoms in total. The Bertz CT molecular complexity index is 1470. The standard InChI is InChI=1S/C41H66O13/c1-20-10-15-41(35(48)49)17-16-38(5)21(32(41)40(20,7)50)8-9-25-37(4)13-12-26(36(2,3)24(37)11-14-39(25,38)6)53-34-31(27(44)22(43)19-51-34)54-33-30(47)29(46)28(45)23(18-42)52-33/h8,20,22-34,42-47,50H,9-19H2,1-7H3,(H,48,49)/t20-,22-,23-,24-,25-,26+,27-,28-,29+,30-,31+,32+,33+,34-,37+,38-,39+,40+,41-/m0/s1. The van der Waals surface area contributed by atoms with Crippen molar-refractivity contribution in [1.82, 2.24) is 0 Å². The second-order valence-electron chi connectivity index (χ2n) is 19.9. The first-order valence-corrected chi connectivity index (χ1v) is 20.4. The number of carbonyl (C=O) groups is 1. The zero-order chi connectivity index (χ0) is 39.6. The Morgan fingerprint density at radius 3 is 2.20 bits per heavy atom. The number of aliphatic carboxylic acids is 1. The van der Waals surface area contributed by atoms with Gasteiger partial charge in [-0.3, -0.25) is 4.79 Å². The number of hydrogen-bond donors (Lipinski definition) is 8. The minimum Gasteiger partial charge on any atom is -0.481 e. The van der Waals surface area contributed by atoms with Crippen molar-refractivity contribution in [2.75, 3.05) is 13.2 Å². The Morgan fingerprint density at radius 2 is 1.54 bits per heavy atom. The molecule has 6 fully saturated rings. The number of carboxylic acid groups (broad SMARTS) is 1. The van der Waals surface area contributed by atoms with Gasteiger partial charge in [0.2, 0.25) is 0 Å². The van der Waals surface area contributed by atoms with Crippen molar-refractivity contribution >= 4 is 5.97 Å². The van der Waals surface area contributed by atoms with Crippen LogP contribution in [0.2, 0.25) is 0 Å². The first-order chi connectivity index (χ1) is 25.1. The molecule has 5 aliphatic carbocycles. The first-order valence-electron chi connectivity index (χ1n) is 20.4. The number of aliphatic hydroxyl groups is 7. The van der Waals surface area contributed by atoms with Crippen LogP contribution in [0.15, 0.2) is 11.6 Å². The molecule has 0 unspecified atom stereocenters. The van der Waals surface area contributed by atoms with Crippen LogP contribution in [-0.4, -0.2) is 127 Å². The minimum atomic E-state index is -1.71. The number of ether oxygens (including phenoxy) is 4. The number of aliphatic hydroxyl groups excluding tert-OH is 6. The van der Waals surface area contributed by atoms with Gasteiger partial charge in [-0.1, -0.05) is 53.2 Å². The van der Waals surface area contributed by atoms with Gasteiger partial charge in [0.25, 0.3) is 0 Å². The number of fused-ring (bicyclic) bond motifs is 7. The summed E-state index contributed by atoms with van der Waals surface area (Å²) in [6.45, 7) is 14.7. The highest BCUT2D eigenvalue weighted by Gasteiger charge is 2.71. The van der Waals surface area contributed by atoms with Crippen molar-refractivity contribution in [3.63, 3.8) is 0 Å². The van der Waals surface area contributed by atoms with Gasteiger partial charge in [0, 0.05) is 5.92 Å². The Labute approximate surface area is 319 Å². The third kappa shape index (κ3) is 5.68. The molecule has 0 aromatic carbocycles. The molecular weight excluding hydrogens is 700 g/mol. The molecule has 0 aromatic heterocycles. The largest absolute Gasteiger partial charge is 0.481 e. The summed E-state index contributed by atoms with van der Waals surface area (Å²) < 4.78 is 24.2. The van der Waals surface area contributed by atoms with Gasteiger partial charge in [-0.2, -0.15) is 0 Å². The molecule has 19 atom stereocenters. The number of carboxylic acids is 1. The van der Waals surface area contributed by atoms with Gasteiger partial charge in [0.15, 0.2) is 12.6 Å². The van der Waals surface area contributed by atoms with Crippen LogP contribution in [0.5, 0.6) is 0 Å². The zero-order valence-corrected chi connectivity index (χ0v) is 33.1. The van der Waals surface area contributed by atoms with Crippen LogP contribution in [-0.2, 0) is 23.7 Å². The molecule has 13 heteroatoms. The Balaban J connectivity index is 1.14. The van der Waals surface area contributed by atoms with E-state index in [0.717, 1.165) is 37.7 Å². The average Bonchev–Trinajstić information content (AvgIpc) is 3.10. The van der Waals surface area contributed by atoms with E-state index in [4.69, 9.17) is 18.9 Å². The summed E-state index contributed by atoms with van der Waals surface area (Å²) in [5, 5.41) is 85.5. The fourth-order valence-electron chi connectivity index (χ4n) is 13.6. The molecule has 4 saturated carbocycles. The van der Waals surface area contributed by atoms with E-state index < -0.39 is 84.8 Å². The fourth-order valence-corrected chi connectivity index (χ4v) is 13.6. The number of allylic oxidation sites excluding steroid dienone is 1. The molecule has 0 amide bonds. The highest BCUT2D eigenvalue weighted by molar-refractivity contribution is 5.77. The van der Waals surface area contributed by atoms with Crippen molar-refractivity contribution in [2.45, 2.75) is 173 Å². The van der Waals surface area contributed by atoms with E-state index in [1.807, 2.05) is 6.92 Å². The Morgan fingerprint density at radius 1 is 0.833 bits per heavy atom. The molecule has 0 radical (unpaired) electrons. The van der Waals surface area contributed by atoms with E-state index in [-0.39, 0.29) is 46.2 Å². The topological polar surface area (TPSA) is 216 Å². The third-order valence-electron chi connectivity index (χ3n) is 17.3. The van der Waals surface area contributed by atoms with Crippen LogP contribution >= 0.6 is 0 Å². The van der Waals surface area contributed by atoms with Gasteiger partial charge in [-0.05, 0) is 104 Å². The maximum Gasteiger partial charge on any atom is 0.310 e. The number of rotatable bonds is 6. The summed E-state index contributed by atoms with van der Waals surface area (Å²) in [4.78, 5) is 13.1. The van der Waals surface area contributed by atoms with E-state index in [2.05, 4.69) is 47.6 Å². The molecule has 7 rings (SSSR count). The second-order valence-corrected chi connectivity index (χ2v) is 19.9. The summed E-state index contributed by atoms with van der Waals surface area (Å²) >= 11 is 0. The van der Waals surface area contributed by atoms with Crippen LogP contribution in [0.4, 0.5) is 0 Å². The molecule has 0 aromatic rings. The SMILES string of the molecule is C[C@H]1CC[C@]2(C(=O)O)CC[C@@]3(C)C(=CC[C@H]4[C@]5(C)CC[C@@H](O[C@@H]6OC[C@H](O)[C@H](O)[C@H]6O[C@H]6O[C@@H](CO)[C@H](O)[C@@H](O)[C@@H]6O)C(C)(C)[C@@H]5CC[C@]43C)[C@@H]2[C@]1(C)O. The highest BCUT2D eigenvalue weighted by atomic mass is 16.8. The second kappa shape index (κ2) is 13.7. The molecule has 308 valence electrons. The molecule has 2 heterocycles. The molecule has 8 N–H and O–H groups in total. The van der Waals surface area contributed by atoms with Gasteiger partial charge in [-0.25, -0.2) is 0 Å². The normalized spacial score (nSPS) is 55.7. The van der Waals surface area contributed by atoms with Crippen LogP contribution < -0.4 is 0 Å². The zero-order valence-electron chi connectivity index (χ0n) is 33.1. The fraction of sp³-hybridized carbons (Fsp3) is 0.927. The van der Waals surface area contributed by atoms with E-state index in [0.29, 0.717) is 31.6 Å². The van der Waals surface area contributed by atoms with Crippen LogP contribution in [0.25, 0.3) is 0 Å². The van der Waals surface area contributed by atoms with E-state index >= 15 is 0 Å². The predicted octanol–water partition coefficient (Wildman–Crippen LogP) is 2.49. The highest BCUT2D eigenvalue weighted by Crippen LogP contribution is 2.76. The lowest BCUT2D eigenvalue weighted by Crippen LogP contribution is -2.68.